The first-order chi connectivity index (χ1) is 30.2. The van der Waals surface area contributed by atoms with Crippen LogP contribution in [0.3, 0.4) is 0 Å². The van der Waals surface area contributed by atoms with Crippen molar-refractivity contribution in [3.63, 3.8) is 0 Å². The van der Waals surface area contributed by atoms with Gasteiger partial charge in [0.05, 0.1) is 0 Å². The highest BCUT2D eigenvalue weighted by Gasteiger charge is 2.16. The Hall–Kier alpha value is -8.14. The Morgan fingerprint density at radius 2 is 0.607 bits per heavy atom. The third kappa shape index (κ3) is 6.14. The summed E-state index contributed by atoms with van der Waals surface area (Å²) in [7, 11) is 0. The molecular formula is C58H37NO2. The number of hydrogen-bond donors (Lipinski definition) is 0. The van der Waals surface area contributed by atoms with Gasteiger partial charge < -0.3 is 13.7 Å². The molecule has 3 nitrogen and oxygen atoms in total. The lowest BCUT2D eigenvalue weighted by atomic mass is 9.96. The van der Waals surface area contributed by atoms with Crippen LogP contribution in [0.2, 0.25) is 0 Å². The zero-order valence-electron chi connectivity index (χ0n) is 33.1. The first-order valence-electron chi connectivity index (χ1n) is 20.7. The van der Waals surface area contributed by atoms with Gasteiger partial charge in [-0.1, -0.05) is 152 Å². The van der Waals surface area contributed by atoms with Gasteiger partial charge in [0.1, 0.15) is 22.3 Å². The Bertz CT molecular complexity index is 3400. The first-order valence-corrected chi connectivity index (χ1v) is 20.7. The summed E-state index contributed by atoms with van der Waals surface area (Å²) in [5.41, 5.74) is 16.3. The average Bonchev–Trinajstić information content (AvgIpc) is 3.90. The highest BCUT2D eigenvalue weighted by atomic mass is 16.3. The summed E-state index contributed by atoms with van der Waals surface area (Å²) in [6, 6.07) is 80.1. The van der Waals surface area contributed by atoms with Crippen LogP contribution in [0, 0.1) is 0 Å². The molecule has 0 amide bonds. The quantitative estimate of drug-likeness (QED) is 0.161. The number of anilines is 3. The normalized spacial score (nSPS) is 11.6. The van der Waals surface area contributed by atoms with E-state index in [0.717, 1.165) is 83.2 Å². The van der Waals surface area contributed by atoms with Crippen LogP contribution in [-0.2, 0) is 0 Å². The Kier molecular flexibility index (Phi) is 8.17. The lowest BCUT2D eigenvalue weighted by Crippen LogP contribution is -2.09. The maximum absolute atomic E-state index is 6.12. The van der Waals surface area contributed by atoms with Crippen LogP contribution in [0.15, 0.2) is 233 Å². The van der Waals surface area contributed by atoms with E-state index in [4.69, 9.17) is 8.83 Å². The third-order valence-electron chi connectivity index (χ3n) is 12.1. The molecule has 0 N–H and O–H groups in total. The van der Waals surface area contributed by atoms with Crippen molar-refractivity contribution in [3.05, 3.63) is 224 Å². The zero-order valence-corrected chi connectivity index (χ0v) is 33.1. The fraction of sp³-hybridized carbons (Fsp3) is 0. The molecule has 61 heavy (non-hydrogen) atoms. The van der Waals surface area contributed by atoms with Crippen molar-refractivity contribution in [1.29, 1.82) is 0 Å². The molecule has 0 aliphatic rings. The highest BCUT2D eigenvalue weighted by molar-refractivity contribution is 6.07. The van der Waals surface area contributed by atoms with Crippen molar-refractivity contribution in [3.8, 4) is 44.5 Å². The lowest BCUT2D eigenvalue weighted by Gasteiger charge is -2.26. The van der Waals surface area contributed by atoms with E-state index in [1.54, 1.807) is 0 Å². The number of benzene rings is 10. The summed E-state index contributed by atoms with van der Waals surface area (Å²) >= 11 is 0. The molecule has 0 saturated carbocycles. The maximum Gasteiger partial charge on any atom is 0.135 e. The van der Waals surface area contributed by atoms with E-state index in [2.05, 4.69) is 205 Å². The van der Waals surface area contributed by atoms with Gasteiger partial charge in [-0.2, -0.15) is 0 Å². The number of nitrogens with zero attached hydrogens (tertiary/aromatic N) is 1. The smallest absolute Gasteiger partial charge is 0.135 e. The summed E-state index contributed by atoms with van der Waals surface area (Å²) < 4.78 is 12.2. The topological polar surface area (TPSA) is 29.5 Å². The molecule has 12 aromatic rings. The van der Waals surface area contributed by atoms with Crippen molar-refractivity contribution in [1.82, 2.24) is 0 Å². The molecule has 0 spiro atoms. The van der Waals surface area contributed by atoms with Gasteiger partial charge in [0.2, 0.25) is 0 Å². The fourth-order valence-electron chi connectivity index (χ4n) is 8.99. The van der Waals surface area contributed by atoms with Crippen LogP contribution in [0.25, 0.3) is 99.2 Å². The van der Waals surface area contributed by atoms with Gasteiger partial charge >= 0.3 is 0 Å². The Morgan fingerprint density at radius 3 is 1.11 bits per heavy atom. The molecule has 0 bridgehead atoms. The molecular weight excluding hydrogens is 743 g/mol. The standard InChI is InChI=1S/C58H37NO2/c1-2-10-49-42(8-1)9-7-13-50(49)43-18-16-38(17-19-43)39-20-28-46(29-21-39)59(47-30-22-40(23-31-47)44-26-34-57-53(36-44)51-11-3-5-14-55(51)60-57)48-32-24-41(25-33-48)45-27-35-58-54(37-45)52-12-4-6-15-56(52)61-58/h1-37H. The van der Waals surface area contributed by atoms with Crippen LogP contribution in [0.4, 0.5) is 17.1 Å². The second-order valence-electron chi connectivity index (χ2n) is 15.7. The number of para-hydroxylation sites is 2. The van der Waals surface area contributed by atoms with Gasteiger partial charge in [-0.3, -0.25) is 0 Å². The first kappa shape index (κ1) is 34.9. The average molecular weight is 780 g/mol. The van der Waals surface area contributed by atoms with E-state index in [0.29, 0.717) is 0 Å². The molecule has 0 fully saturated rings. The molecule has 0 aliphatic heterocycles. The summed E-state index contributed by atoms with van der Waals surface area (Å²) in [4.78, 5) is 2.33. The van der Waals surface area contributed by atoms with E-state index < -0.39 is 0 Å². The van der Waals surface area contributed by atoms with Gasteiger partial charge in [0.15, 0.2) is 0 Å². The summed E-state index contributed by atoms with van der Waals surface area (Å²) in [5.74, 6) is 0. The molecule has 0 saturated heterocycles. The minimum absolute atomic E-state index is 0.901. The second-order valence-corrected chi connectivity index (χ2v) is 15.7. The van der Waals surface area contributed by atoms with Gasteiger partial charge in [0, 0.05) is 38.6 Å². The predicted octanol–water partition coefficient (Wildman–Crippen LogP) is 16.8. The summed E-state index contributed by atoms with van der Waals surface area (Å²) in [6.45, 7) is 0. The molecule has 2 aromatic heterocycles. The number of rotatable bonds is 7. The van der Waals surface area contributed by atoms with Gasteiger partial charge in [-0.05, 0) is 128 Å². The van der Waals surface area contributed by atoms with Crippen molar-refractivity contribution < 1.29 is 8.83 Å². The SMILES string of the molecule is c1ccc2c(-c3ccc(-c4ccc(N(c5ccc(-c6ccc7oc8ccccc8c7c6)cc5)c5ccc(-c6ccc7oc8ccccc8c7c6)cc5)cc4)cc3)cccc2c1. The van der Waals surface area contributed by atoms with Crippen molar-refractivity contribution in [2.75, 3.05) is 4.90 Å². The summed E-state index contributed by atoms with van der Waals surface area (Å²) in [5, 5.41) is 7.04. The van der Waals surface area contributed by atoms with Crippen molar-refractivity contribution in [2.45, 2.75) is 0 Å². The highest BCUT2D eigenvalue weighted by Crippen LogP contribution is 2.40. The van der Waals surface area contributed by atoms with E-state index in [1.807, 2.05) is 24.3 Å². The molecule has 3 heteroatoms. The largest absolute Gasteiger partial charge is 0.456 e. The Morgan fingerprint density at radius 1 is 0.246 bits per heavy atom. The molecule has 0 unspecified atom stereocenters. The van der Waals surface area contributed by atoms with E-state index >= 15 is 0 Å². The van der Waals surface area contributed by atoms with E-state index in [-0.39, 0.29) is 0 Å². The molecule has 0 atom stereocenters. The molecule has 2 heterocycles. The van der Waals surface area contributed by atoms with E-state index in [9.17, 15) is 0 Å². The molecule has 286 valence electrons. The van der Waals surface area contributed by atoms with Crippen molar-refractivity contribution in [2.24, 2.45) is 0 Å². The minimum atomic E-state index is 0.901. The van der Waals surface area contributed by atoms with E-state index in [1.165, 1.54) is 33.0 Å². The fourth-order valence-corrected chi connectivity index (χ4v) is 8.99. The van der Waals surface area contributed by atoms with Gasteiger partial charge in [-0.25, -0.2) is 0 Å². The van der Waals surface area contributed by atoms with Crippen LogP contribution >= 0.6 is 0 Å². The maximum atomic E-state index is 6.12. The number of hydrogen-bond acceptors (Lipinski definition) is 3. The van der Waals surface area contributed by atoms with Crippen molar-refractivity contribution >= 4 is 71.7 Å². The third-order valence-corrected chi connectivity index (χ3v) is 12.1. The Balaban J connectivity index is 0.893. The second kappa shape index (κ2) is 14.3. The number of fused-ring (bicyclic) bond motifs is 7. The van der Waals surface area contributed by atoms with Gasteiger partial charge in [-0.15, -0.1) is 0 Å². The van der Waals surface area contributed by atoms with Crippen LogP contribution in [-0.4, -0.2) is 0 Å². The minimum Gasteiger partial charge on any atom is -0.456 e. The van der Waals surface area contributed by atoms with Gasteiger partial charge in [0.25, 0.3) is 0 Å². The molecule has 10 aromatic carbocycles. The number of furan rings is 2. The van der Waals surface area contributed by atoms with Crippen LogP contribution in [0.1, 0.15) is 0 Å². The molecule has 0 radical (unpaired) electrons. The van der Waals surface area contributed by atoms with Crippen LogP contribution in [0.5, 0.6) is 0 Å². The molecule has 12 rings (SSSR count). The molecule has 0 aliphatic carbocycles. The monoisotopic (exact) mass is 779 g/mol. The Labute approximate surface area is 353 Å². The summed E-state index contributed by atoms with van der Waals surface area (Å²) in [6.07, 6.45) is 0. The zero-order chi connectivity index (χ0) is 40.3. The van der Waals surface area contributed by atoms with Crippen LogP contribution < -0.4 is 4.90 Å². The lowest BCUT2D eigenvalue weighted by molar-refractivity contribution is 0.668. The predicted molar refractivity (Wildman–Crippen MR) is 255 cm³/mol.